The van der Waals surface area contributed by atoms with Gasteiger partial charge in [-0.3, -0.25) is 0 Å². The Morgan fingerprint density at radius 2 is 2.20 bits per heavy atom. The number of nitrogens with zero attached hydrogens (tertiary/aromatic N) is 1. The Morgan fingerprint density at radius 1 is 1.40 bits per heavy atom. The third-order valence-electron chi connectivity index (χ3n) is 1.98. The molecule has 4 heteroatoms. The number of aromatic nitrogens is 1. The van der Waals surface area contributed by atoms with E-state index in [-0.39, 0.29) is 6.10 Å². The smallest absolute Gasteiger partial charge is 0.394 e. The molecule has 0 N–H and O–H groups in total. The predicted octanol–water partition coefficient (Wildman–Crippen LogP) is 2.24. The van der Waals surface area contributed by atoms with Gasteiger partial charge in [0.2, 0.25) is 0 Å². The van der Waals surface area contributed by atoms with Gasteiger partial charge in [-0.25, -0.2) is 0 Å². The van der Waals surface area contributed by atoms with Crippen LogP contribution in [0.1, 0.15) is 6.92 Å². The summed E-state index contributed by atoms with van der Waals surface area (Å²) in [6.45, 7) is 2.41. The minimum atomic E-state index is -0.0666. The van der Waals surface area contributed by atoms with Crippen molar-refractivity contribution in [1.82, 2.24) is 4.98 Å². The van der Waals surface area contributed by atoms with E-state index in [2.05, 4.69) is 4.98 Å². The minimum Gasteiger partial charge on any atom is -0.445 e. The van der Waals surface area contributed by atoms with Crippen LogP contribution in [0, 0.1) is 0 Å². The molecule has 15 heavy (non-hydrogen) atoms. The molecule has 1 atom stereocenters. The molecule has 1 aromatic heterocycles. The van der Waals surface area contributed by atoms with Crippen molar-refractivity contribution in [3.63, 3.8) is 0 Å². The Labute approximate surface area is 87.8 Å². The fourth-order valence-corrected chi connectivity index (χ4v) is 1.34. The van der Waals surface area contributed by atoms with Crippen molar-refractivity contribution in [3.05, 3.63) is 24.3 Å². The molecule has 0 aliphatic heterocycles. The molecule has 80 valence electrons. The first-order valence-electron chi connectivity index (χ1n) is 4.81. The summed E-state index contributed by atoms with van der Waals surface area (Å²) < 4.78 is 15.8. The van der Waals surface area contributed by atoms with Crippen molar-refractivity contribution in [3.8, 4) is 6.08 Å². The van der Waals surface area contributed by atoms with E-state index in [0.29, 0.717) is 12.7 Å². The fourth-order valence-electron chi connectivity index (χ4n) is 1.34. The Kier molecular flexibility index (Phi) is 2.87. The Morgan fingerprint density at radius 3 is 2.93 bits per heavy atom. The van der Waals surface area contributed by atoms with Gasteiger partial charge in [0.05, 0.1) is 6.61 Å². The summed E-state index contributed by atoms with van der Waals surface area (Å²) in [4.78, 5) is 4.19. The number of ether oxygens (including phenoxy) is 2. The molecule has 1 heterocycles. The van der Waals surface area contributed by atoms with Gasteiger partial charge in [-0.05, 0) is 19.1 Å². The van der Waals surface area contributed by atoms with Gasteiger partial charge in [0.1, 0.15) is 11.6 Å². The second-order valence-corrected chi connectivity index (χ2v) is 3.33. The number of methoxy groups -OCH3 is 1. The molecule has 0 saturated heterocycles. The van der Waals surface area contributed by atoms with Crippen LogP contribution in [0.3, 0.4) is 0 Å². The molecule has 1 unspecified atom stereocenters. The van der Waals surface area contributed by atoms with E-state index in [9.17, 15) is 0 Å². The number of para-hydroxylation sites is 2. The van der Waals surface area contributed by atoms with Crippen molar-refractivity contribution < 1.29 is 13.9 Å². The zero-order chi connectivity index (χ0) is 10.7. The molecule has 0 radical (unpaired) electrons. The highest BCUT2D eigenvalue weighted by molar-refractivity contribution is 5.72. The molecule has 4 nitrogen and oxygen atoms in total. The van der Waals surface area contributed by atoms with Gasteiger partial charge in [-0.2, -0.15) is 4.98 Å². The SMILES string of the molecule is COCC(C)Oc1nc2ccccc2o1. The molecule has 2 aromatic rings. The van der Waals surface area contributed by atoms with E-state index < -0.39 is 0 Å². The summed E-state index contributed by atoms with van der Waals surface area (Å²) in [6.07, 6.45) is 0.226. The number of rotatable bonds is 4. The second kappa shape index (κ2) is 4.31. The van der Waals surface area contributed by atoms with Crippen LogP contribution in [0.15, 0.2) is 28.7 Å². The number of oxazole rings is 1. The monoisotopic (exact) mass is 207 g/mol. The van der Waals surface area contributed by atoms with Gasteiger partial charge in [0.25, 0.3) is 0 Å². The van der Waals surface area contributed by atoms with Gasteiger partial charge < -0.3 is 13.9 Å². The van der Waals surface area contributed by atoms with E-state index >= 15 is 0 Å². The third-order valence-corrected chi connectivity index (χ3v) is 1.98. The van der Waals surface area contributed by atoms with Crippen LogP contribution in [0.2, 0.25) is 0 Å². The maximum atomic E-state index is 5.44. The molecule has 0 aliphatic rings. The first-order valence-corrected chi connectivity index (χ1v) is 4.81. The lowest BCUT2D eigenvalue weighted by atomic mass is 10.3. The molecule has 0 bridgehead atoms. The molecule has 0 fully saturated rings. The van der Waals surface area contributed by atoms with Gasteiger partial charge >= 0.3 is 6.08 Å². The van der Waals surface area contributed by atoms with Crippen molar-refractivity contribution in [2.24, 2.45) is 0 Å². The molecule has 0 amide bonds. The van der Waals surface area contributed by atoms with Crippen LogP contribution in [0.4, 0.5) is 0 Å². The average molecular weight is 207 g/mol. The molecule has 2 rings (SSSR count). The highest BCUT2D eigenvalue weighted by atomic mass is 16.6. The van der Waals surface area contributed by atoms with Crippen molar-refractivity contribution in [1.29, 1.82) is 0 Å². The van der Waals surface area contributed by atoms with E-state index in [1.807, 2.05) is 31.2 Å². The molecular formula is C11H13NO3. The summed E-state index contributed by atoms with van der Waals surface area (Å²) in [6, 6.07) is 7.55. The Hall–Kier alpha value is -1.55. The van der Waals surface area contributed by atoms with E-state index in [1.165, 1.54) is 0 Å². The summed E-state index contributed by atoms with van der Waals surface area (Å²) in [5.41, 5.74) is 1.54. The molecule has 1 aromatic carbocycles. The van der Waals surface area contributed by atoms with Crippen LogP contribution in [-0.4, -0.2) is 24.8 Å². The Balaban J connectivity index is 2.15. The summed E-state index contributed by atoms with van der Waals surface area (Å²) in [5, 5.41) is 0. The summed E-state index contributed by atoms with van der Waals surface area (Å²) in [5.74, 6) is 0. The maximum Gasteiger partial charge on any atom is 0.394 e. The minimum absolute atomic E-state index is 0.0666. The number of benzene rings is 1. The molecule has 0 aliphatic carbocycles. The molecule has 0 saturated carbocycles. The standard InChI is InChI=1S/C11H13NO3/c1-8(7-13-2)14-11-12-9-5-3-4-6-10(9)15-11/h3-6,8H,7H2,1-2H3. The molecular weight excluding hydrogens is 194 g/mol. The van der Waals surface area contributed by atoms with Crippen LogP contribution in [0.25, 0.3) is 11.1 Å². The summed E-state index contributed by atoms with van der Waals surface area (Å²) >= 11 is 0. The highest BCUT2D eigenvalue weighted by Gasteiger charge is 2.09. The zero-order valence-corrected chi connectivity index (χ0v) is 8.77. The van der Waals surface area contributed by atoms with Crippen LogP contribution in [0.5, 0.6) is 6.08 Å². The van der Waals surface area contributed by atoms with Gasteiger partial charge in [0.15, 0.2) is 5.58 Å². The molecule has 0 spiro atoms. The topological polar surface area (TPSA) is 44.5 Å². The quantitative estimate of drug-likeness (QED) is 0.771. The van der Waals surface area contributed by atoms with Crippen LogP contribution in [-0.2, 0) is 4.74 Å². The van der Waals surface area contributed by atoms with Crippen LogP contribution >= 0.6 is 0 Å². The maximum absolute atomic E-state index is 5.44. The van der Waals surface area contributed by atoms with Crippen molar-refractivity contribution in [2.75, 3.05) is 13.7 Å². The first-order chi connectivity index (χ1) is 7.29. The van der Waals surface area contributed by atoms with Crippen molar-refractivity contribution >= 4 is 11.1 Å². The third kappa shape index (κ3) is 2.27. The predicted molar refractivity (Wildman–Crippen MR) is 56.0 cm³/mol. The lowest BCUT2D eigenvalue weighted by Gasteiger charge is -2.08. The van der Waals surface area contributed by atoms with Crippen molar-refractivity contribution in [2.45, 2.75) is 13.0 Å². The highest BCUT2D eigenvalue weighted by Crippen LogP contribution is 2.20. The van der Waals surface area contributed by atoms with Gasteiger partial charge in [-0.1, -0.05) is 12.1 Å². The zero-order valence-electron chi connectivity index (χ0n) is 8.77. The fraction of sp³-hybridized carbons (Fsp3) is 0.364. The summed E-state index contributed by atoms with van der Waals surface area (Å²) in [7, 11) is 1.63. The number of hydrogen-bond acceptors (Lipinski definition) is 4. The van der Waals surface area contributed by atoms with Gasteiger partial charge in [-0.15, -0.1) is 0 Å². The van der Waals surface area contributed by atoms with Crippen LogP contribution < -0.4 is 4.74 Å². The Bertz CT molecular complexity index is 405. The first kappa shape index (κ1) is 9.98. The number of hydrogen-bond donors (Lipinski definition) is 0. The normalized spacial score (nSPS) is 12.9. The largest absolute Gasteiger partial charge is 0.445 e. The average Bonchev–Trinajstić information content (AvgIpc) is 2.59. The van der Waals surface area contributed by atoms with Gasteiger partial charge in [0, 0.05) is 7.11 Å². The van der Waals surface area contributed by atoms with E-state index in [0.717, 1.165) is 11.1 Å². The lowest BCUT2D eigenvalue weighted by Crippen LogP contribution is -2.17. The second-order valence-electron chi connectivity index (χ2n) is 3.33. The van der Waals surface area contributed by atoms with E-state index in [1.54, 1.807) is 7.11 Å². The van der Waals surface area contributed by atoms with E-state index in [4.69, 9.17) is 13.9 Å². The number of fused-ring (bicyclic) bond motifs is 1. The lowest BCUT2D eigenvalue weighted by molar-refractivity contribution is 0.0720.